The Morgan fingerprint density at radius 2 is 1.09 bits per heavy atom. The lowest BCUT2D eigenvalue weighted by Crippen LogP contribution is -2.24. The molecule has 8 rings (SSSR count). The smallest absolute Gasteiger partial charge is 0.135 e. The summed E-state index contributed by atoms with van der Waals surface area (Å²) < 4.78 is 13.0. The van der Waals surface area contributed by atoms with E-state index in [0.717, 1.165) is 39.7 Å². The van der Waals surface area contributed by atoms with E-state index in [2.05, 4.69) is 147 Å². The number of rotatable bonds is 4. The van der Waals surface area contributed by atoms with Crippen molar-refractivity contribution >= 4 is 10.8 Å². The molecule has 1 aliphatic heterocycles. The summed E-state index contributed by atoms with van der Waals surface area (Å²) in [5.74, 6) is 3.44. The largest absolute Gasteiger partial charge is 0.457 e. The molecule has 6 aromatic carbocycles. The van der Waals surface area contributed by atoms with Crippen LogP contribution in [-0.2, 0) is 5.41 Å². The Kier molecular flexibility index (Phi) is 5.84. The molecular formula is C41H30O2. The van der Waals surface area contributed by atoms with Crippen molar-refractivity contribution in [3.8, 4) is 56.4 Å². The van der Waals surface area contributed by atoms with E-state index >= 15 is 0 Å². The molecule has 0 amide bonds. The van der Waals surface area contributed by atoms with Crippen molar-refractivity contribution in [2.75, 3.05) is 0 Å². The molecule has 0 spiro atoms. The Bertz CT molecular complexity index is 2130. The van der Waals surface area contributed by atoms with Gasteiger partial charge >= 0.3 is 0 Å². The van der Waals surface area contributed by atoms with Crippen molar-refractivity contribution in [2.24, 2.45) is 0 Å². The van der Waals surface area contributed by atoms with E-state index in [1.54, 1.807) is 0 Å². The number of benzene rings is 6. The molecule has 0 unspecified atom stereocenters. The molecule has 7 aromatic rings. The van der Waals surface area contributed by atoms with Crippen LogP contribution in [0.5, 0.6) is 11.5 Å². The predicted octanol–water partition coefficient (Wildman–Crippen LogP) is 11.5. The molecule has 1 aliphatic rings. The average Bonchev–Trinajstić information content (AvgIpc) is 3.55. The maximum absolute atomic E-state index is 6.60. The quantitative estimate of drug-likeness (QED) is 0.216. The van der Waals surface area contributed by atoms with Crippen LogP contribution in [0.4, 0.5) is 0 Å². The normalized spacial score (nSPS) is 13.3. The van der Waals surface area contributed by atoms with Crippen molar-refractivity contribution in [3.05, 3.63) is 157 Å². The van der Waals surface area contributed by atoms with Gasteiger partial charge in [0.05, 0.1) is 0 Å². The summed E-state index contributed by atoms with van der Waals surface area (Å²) in [6.07, 6.45) is 0. The first-order valence-corrected chi connectivity index (χ1v) is 14.8. The fourth-order valence-electron chi connectivity index (χ4n) is 6.61. The molecule has 2 nitrogen and oxygen atoms in total. The summed E-state index contributed by atoms with van der Waals surface area (Å²) in [4.78, 5) is 0. The van der Waals surface area contributed by atoms with E-state index in [0.29, 0.717) is 0 Å². The zero-order valence-electron chi connectivity index (χ0n) is 24.2. The second-order valence-corrected chi connectivity index (χ2v) is 11.7. The highest BCUT2D eigenvalue weighted by molar-refractivity contribution is 6.08. The van der Waals surface area contributed by atoms with Crippen molar-refractivity contribution in [3.63, 3.8) is 0 Å². The molecule has 2 heteroatoms. The summed E-state index contributed by atoms with van der Waals surface area (Å²) >= 11 is 0. The molecule has 0 saturated heterocycles. The van der Waals surface area contributed by atoms with Crippen LogP contribution in [0.1, 0.15) is 25.0 Å². The van der Waals surface area contributed by atoms with E-state index in [1.165, 1.54) is 38.6 Å². The molecule has 0 radical (unpaired) electrons. The molecule has 2 heterocycles. The van der Waals surface area contributed by atoms with E-state index < -0.39 is 0 Å². The van der Waals surface area contributed by atoms with E-state index in [9.17, 15) is 0 Å². The van der Waals surface area contributed by atoms with Crippen LogP contribution in [-0.4, -0.2) is 0 Å². The lowest BCUT2D eigenvalue weighted by atomic mass is 9.75. The second-order valence-electron chi connectivity index (χ2n) is 11.7. The van der Waals surface area contributed by atoms with Gasteiger partial charge in [-0.3, -0.25) is 0 Å². The van der Waals surface area contributed by atoms with Crippen LogP contribution in [0.2, 0.25) is 0 Å². The number of fused-ring (bicyclic) bond motifs is 3. The Morgan fingerprint density at radius 3 is 1.93 bits per heavy atom. The summed E-state index contributed by atoms with van der Waals surface area (Å²) in [6.45, 7) is 4.51. The minimum absolute atomic E-state index is 0.146. The van der Waals surface area contributed by atoms with Gasteiger partial charge in [0.25, 0.3) is 0 Å². The first-order chi connectivity index (χ1) is 21.1. The fourth-order valence-corrected chi connectivity index (χ4v) is 6.61. The van der Waals surface area contributed by atoms with Gasteiger partial charge in [-0.2, -0.15) is 0 Å². The molecule has 0 N–H and O–H groups in total. The molecule has 0 fully saturated rings. The topological polar surface area (TPSA) is 22.4 Å². The van der Waals surface area contributed by atoms with Gasteiger partial charge in [-0.15, -0.1) is 0 Å². The lowest BCUT2D eigenvalue weighted by molar-refractivity contribution is 0.418. The number of furan rings is 1. The Balaban J connectivity index is 1.22. The fraction of sp³-hybridized carbons (Fsp3) is 0.0732. The van der Waals surface area contributed by atoms with E-state index in [4.69, 9.17) is 9.15 Å². The maximum Gasteiger partial charge on any atom is 0.135 e. The SMILES string of the molecule is CC1(C)c2ccccc2Oc2cc(-c3ccc(-c4ccccc4-c4cccc5cccc(-c6ccccc6)c45)o3)ccc21. The van der Waals surface area contributed by atoms with Crippen molar-refractivity contribution < 1.29 is 9.15 Å². The highest BCUT2D eigenvalue weighted by atomic mass is 16.5. The zero-order valence-corrected chi connectivity index (χ0v) is 24.2. The van der Waals surface area contributed by atoms with Gasteiger partial charge in [0.2, 0.25) is 0 Å². The van der Waals surface area contributed by atoms with Gasteiger partial charge in [0.1, 0.15) is 23.0 Å². The minimum atomic E-state index is -0.146. The molecule has 0 saturated carbocycles. The number of hydrogen-bond donors (Lipinski definition) is 0. The summed E-state index contributed by atoms with van der Waals surface area (Å²) in [5, 5.41) is 2.46. The lowest BCUT2D eigenvalue weighted by Gasteiger charge is -2.34. The van der Waals surface area contributed by atoms with Crippen LogP contribution >= 0.6 is 0 Å². The van der Waals surface area contributed by atoms with Gasteiger partial charge < -0.3 is 9.15 Å². The maximum atomic E-state index is 6.60. The molecule has 206 valence electrons. The van der Waals surface area contributed by atoms with Crippen LogP contribution in [0, 0.1) is 0 Å². The van der Waals surface area contributed by atoms with Crippen LogP contribution in [0.15, 0.2) is 150 Å². The van der Waals surface area contributed by atoms with Crippen LogP contribution < -0.4 is 4.74 Å². The molecule has 43 heavy (non-hydrogen) atoms. The minimum Gasteiger partial charge on any atom is -0.457 e. The third kappa shape index (κ3) is 4.18. The monoisotopic (exact) mass is 554 g/mol. The average molecular weight is 555 g/mol. The number of hydrogen-bond acceptors (Lipinski definition) is 2. The Morgan fingerprint density at radius 1 is 0.442 bits per heavy atom. The number of para-hydroxylation sites is 1. The molecule has 0 aliphatic carbocycles. The predicted molar refractivity (Wildman–Crippen MR) is 177 cm³/mol. The summed E-state index contributed by atoms with van der Waals surface area (Å²) in [5.41, 5.74) is 9.06. The van der Waals surface area contributed by atoms with Gasteiger partial charge in [-0.1, -0.05) is 135 Å². The van der Waals surface area contributed by atoms with Crippen molar-refractivity contribution in [1.29, 1.82) is 0 Å². The van der Waals surface area contributed by atoms with E-state index in [1.807, 2.05) is 12.1 Å². The summed E-state index contributed by atoms with van der Waals surface area (Å²) in [6, 6.07) is 51.1. The van der Waals surface area contributed by atoms with Crippen LogP contribution in [0.25, 0.3) is 55.7 Å². The highest BCUT2D eigenvalue weighted by Crippen LogP contribution is 2.49. The van der Waals surface area contributed by atoms with Gasteiger partial charge in [0, 0.05) is 27.7 Å². The first-order valence-electron chi connectivity index (χ1n) is 14.8. The van der Waals surface area contributed by atoms with E-state index in [-0.39, 0.29) is 5.41 Å². The second kappa shape index (κ2) is 9.89. The zero-order chi connectivity index (χ0) is 29.0. The van der Waals surface area contributed by atoms with Gasteiger partial charge in [-0.25, -0.2) is 0 Å². The Hall–Kier alpha value is -5.34. The van der Waals surface area contributed by atoms with Gasteiger partial charge in [-0.05, 0) is 57.3 Å². The molecule has 1 aromatic heterocycles. The summed E-state index contributed by atoms with van der Waals surface area (Å²) in [7, 11) is 0. The Labute approximate surface area is 251 Å². The molecule has 0 atom stereocenters. The first kappa shape index (κ1) is 25.4. The highest BCUT2D eigenvalue weighted by Gasteiger charge is 2.34. The third-order valence-corrected chi connectivity index (χ3v) is 8.80. The molecule has 0 bridgehead atoms. The standard InChI is InChI=1S/C41H30O2/c1-41(2)34-20-8-9-21-38(34)43-39-26-29(22-23-35(39)41)36-24-25-37(42-36)32-17-7-6-16-31(32)33-19-11-15-28-14-10-18-30(40(28)33)27-12-4-3-5-13-27/h3-26H,1-2H3. The van der Waals surface area contributed by atoms with Crippen LogP contribution in [0.3, 0.4) is 0 Å². The van der Waals surface area contributed by atoms with Gasteiger partial charge in [0.15, 0.2) is 0 Å². The molecular weight excluding hydrogens is 524 g/mol. The van der Waals surface area contributed by atoms with Crippen molar-refractivity contribution in [1.82, 2.24) is 0 Å². The third-order valence-electron chi connectivity index (χ3n) is 8.80. The van der Waals surface area contributed by atoms with Crippen molar-refractivity contribution in [2.45, 2.75) is 19.3 Å². The number of ether oxygens (including phenoxy) is 1.